The fraction of sp³-hybridized carbons (Fsp3) is 0.125. The number of nitrogens with zero attached hydrogens (tertiary/aromatic N) is 1. The van der Waals surface area contributed by atoms with E-state index in [0.717, 1.165) is 0 Å². The van der Waals surface area contributed by atoms with Gasteiger partial charge < -0.3 is 4.84 Å². The summed E-state index contributed by atoms with van der Waals surface area (Å²) in [5.41, 5.74) is 0.625. The Hall–Kier alpha value is -1.09. The third-order valence-corrected chi connectivity index (χ3v) is 1.59. The van der Waals surface area contributed by atoms with Crippen molar-refractivity contribution in [2.24, 2.45) is 5.16 Å². The Morgan fingerprint density at radius 1 is 1.58 bits per heavy atom. The van der Waals surface area contributed by atoms with Gasteiger partial charge in [-0.15, -0.1) is 0 Å². The maximum atomic E-state index is 12.5. The molecule has 0 aliphatic heterocycles. The third kappa shape index (κ3) is 2.20. The van der Waals surface area contributed by atoms with Gasteiger partial charge in [0.05, 0.1) is 11.2 Å². The molecule has 0 radical (unpaired) electrons. The van der Waals surface area contributed by atoms with Crippen LogP contribution >= 0.6 is 11.6 Å². The first-order valence-corrected chi connectivity index (χ1v) is 3.63. The van der Waals surface area contributed by atoms with Crippen LogP contribution in [0.3, 0.4) is 0 Å². The summed E-state index contributed by atoms with van der Waals surface area (Å²) in [4.78, 5) is 4.45. The lowest BCUT2D eigenvalue weighted by Gasteiger charge is -1.95. The van der Waals surface area contributed by atoms with Crippen LogP contribution in [0.15, 0.2) is 23.4 Å². The molecule has 0 saturated heterocycles. The summed E-state index contributed by atoms with van der Waals surface area (Å²) in [6.07, 6.45) is 1.42. The third-order valence-electron chi connectivity index (χ3n) is 1.26. The maximum absolute atomic E-state index is 12.5. The Balaban J connectivity index is 2.94. The summed E-state index contributed by atoms with van der Waals surface area (Å²) in [6.45, 7) is 0. The van der Waals surface area contributed by atoms with Gasteiger partial charge in [-0.05, 0) is 18.2 Å². The molecule has 0 aromatic heterocycles. The van der Waals surface area contributed by atoms with Gasteiger partial charge >= 0.3 is 0 Å². The van der Waals surface area contributed by atoms with E-state index in [4.69, 9.17) is 11.6 Å². The summed E-state index contributed by atoms with van der Waals surface area (Å²) in [7, 11) is 1.42. The molecule has 0 aliphatic rings. The molecular weight excluding hydrogens is 181 g/mol. The lowest BCUT2D eigenvalue weighted by molar-refractivity contribution is 0.215. The number of rotatable bonds is 2. The lowest BCUT2D eigenvalue weighted by atomic mass is 10.2. The molecule has 4 heteroatoms. The Kier molecular flexibility index (Phi) is 3.05. The van der Waals surface area contributed by atoms with E-state index < -0.39 is 0 Å². The van der Waals surface area contributed by atoms with Crippen molar-refractivity contribution in [2.75, 3.05) is 7.11 Å². The first-order chi connectivity index (χ1) is 5.74. The minimum absolute atomic E-state index is 0.316. The molecule has 2 nitrogen and oxygen atoms in total. The van der Waals surface area contributed by atoms with Crippen LogP contribution < -0.4 is 0 Å². The average Bonchev–Trinajstić information content (AvgIpc) is 2.03. The zero-order chi connectivity index (χ0) is 8.97. The molecule has 1 aromatic rings. The predicted molar refractivity (Wildman–Crippen MR) is 46.0 cm³/mol. The summed E-state index contributed by atoms with van der Waals surface area (Å²) < 4.78 is 12.5. The van der Waals surface area contributed by atoms with Crippen LogP contribution in [0.2, 0.25) is 5.02 Å². The molecule has 1 rings (SSSR count). The molecule has 0 bridgehead atoms. The first-order valence-electron chi connectivity index (χ1n) is 3.25. The van der Waals surface area contributed by atoms with Gasteiger partial charge in [0, 0.05) is 5.56 Å². The second kappa shape index (κ2) is 4.07. The summed E-state index contributed by atoms with van der Waals surface area (Å²) in [5.74, 6) is -0.366. The van der Waals surface area contributed by atoms with Crippen molar-refractivity contribution in [2.45, 2.75) is 0 Å². The quantitative estimate of drug-likeness (QED) is 0.515. The van der Waals surface area contributed by atoms with E-state index in [1.54, 1.807) is 0 Å². The molecule has 0 saturated carbocycles. The van der Waals surface area contributed by atoms with Crippen molar-refractivity contribution in [3.63, 3.8) is 0 Å². The minimum Gasteiger partial charge on any atom is -0.399 e. The summed E-state index contributed by atoms with van der Waals surface area (Å²) in [6, 6.07) is 4.06. The van der Waals surface area contributed by atoms with Gasteiger partial charge in [-0.3, -0.25) is 0 Å². The van der Waals surface area contributed by atoms with Crippen LogP contribution in [-0.2, 0) is 4.84 Å². The highest BCUT2D eigenvalue weighted by Gasteiger charge is 1.98. The van der Waals surface area contributed by atoms with E-state index in [1.165, 1.54) is 31.5 Å². The molecule has 0 unspecified atom stereocenters. The van der Waals surface area contributed by atoms with Crippen LogP contribution in [0.25, 0.3) is 0 Å². The SMILES string of the molecule is CO/N=C/c1ccc(F)cc1Cl. The molecule has 0 N–H and O–H groups in total. The second-order valence-corrected chi connectivity index (χ2v) is 2.49. The van der Waals surface area contributed by atoms with Crippen molar-refractivity contribution >= 4 is 17.8 Å². The minimum atomic E-state index is -0.366. The topological polar surface area (TPSA) is 21.6 Å². The summed E-state index contributed by atoms with van der Waals surface area (Å²) >= 11 is 5.68. The Morgan fingerprint density at radius 2 is 2.33 bits per heavy atom. The highest BCUT2D eigenvalue weighted by molar-refractivity contribution is 6.33. The Bertz CT molecular complexity index is 301. The molecule has 0 amide bonds. The fourth-order valence-corrected chi connectivity index (χ4v) is 0.932. The highest BCUT2D eigenvalue weighted by atomic mass is 35.5. The molecule has 12 heavy (non-hydrogen) atoms. The van der Waals surface area contributed by atoms with E-state index in [-0.39, 0.29) is 5.82 Å². The zero-order valence-electron chi connectivity index (χ0n) is 6.42. The van der Waals surface area contributed by atoms with Crippen molar-refractivity contribution in [3.8, 4) is 0 Å². The van der Waals surface area contributed by atoms with E-state index in [2.05, 4.69) is 9.99 Å². The molecule has 0 atom stereocenters. The largest absolute Gasteiger partial charge is 0.399 e. The standard InChI is InChI=1S/C8H7ClFNO/c1-12-11-5-6-2-3-7(10)4-8(6)9/h2-5H,1H3/b11-5+. The van der Waals surface area contributed by atoms with Crippen LogP contribution in [0, 0.1) is 5.82 Å². The van der Waals surface area contributed by atoms with E-state index in [0.29, 0.717) is 10.6 Å². The second-order valence-electron chi connectivity index (χ2n) is 2.08. The predicted octanol–water partition coefficient (Wildman–Crippen LogP) is 2.46. The van der Waals surface area contributed by atoms with Gasteiger partial charge in [0.15, 0.2) is 0 Å². The lowest BCUT2D eigenvalue weighted by Crippen LogP contribution is -1.85. The van der Waals surface area contributed by atoms with Crippen molar-refractivity contribution in [1.29, 1.82) is 0 Å². The molecule has 0 spiro atoms. The number of oxime groups is 1. The van der Waals surface area contributed by atoms with E-state index in [9.17, 15) is 4.39 Å². The number of hydrogen-bond donors (Lipinski definition) is 0. The smallest absolute Gasteiger partial charge is 0.124 e. The zero-order valence-corrected chi connectivity index (χ0v) is 7.18. The molecule has 0 fully saturated rings. The molecule has 0 aliphatic carbocycles. The van der Waals surface area contributed by atoms with Crippen LogP contribution in [0.5, 0.6) is 0 Å². The highest BCUT2D eigenvalue weighted by Crippen LogP contribution is 2.14. The van der Waals surface area contributed by atoms with Gasteiger partial charge in [0.2, 0.25) is 0 Å². The van der Waals surface area contributed by atoms with E-state index in [1.807, 2.05) is 0 Å². The first kappa shape index (κ1) is 9.00. The van der Waals surface area contributed by atoms with Gasteiger partial charge in [0.1, 0.15) is 12.9 Å². The normalized spacial score (nSPS) is 10.6. The number of hydrogen-bond acceptors (Lipinski definition) is 2. The van der Waals surface area contributed by atoms with Crippen LogP contribution in [-0.4, -0.2) is 13.3 Å². The average molecular weight is 188 g/mol. The maximum Gasteiger partial charge on any atom is 0.124 e. The van der Waals surface area contributed by atoms with Crippen molar-refractivity contribution < 1.29 is 9.23 Å². The number of halogens is 2. The van der Waals surface area contributed by atoms with Gasteiger partial charge in [0.25, 0.3) is 0 Å². The molecule has 64 valence electrons. The molecule has 0 heterocycles. The summed E-state index contributed by atoms with van der Waals surface area (Å²) in [5, 5.41) is 3.82. The molecular formula is C8H7ClFNO. The van der Waals surface area contributed by atoms with Crippen LogP contribution in [0.1, 0.15) is 5.56 Å². The molecule has 1 aromatic carbocycles. The number of benzene rings is 1. The van der Waals surface area contributed by atoms with Gasteiger partial charge in [-0.25, -0.2) is 4.39 Å². The van der Waals surface area contributed by atoms with Gasteiger partial charge in [-0.2, -0.15) is 0 Å². The van der Waals surface area contributed by atoms with Crippen LogP contribution in [0.4, 0.5) is 4.39 Å². The van der Waals surface area contributed by atoms with Gasteiger partial charge in [-0.1, -0.05) is 16.8 Å². The van der Waals surface area contributed by atoms with E-state index >= 15 is 0 Å². The Morgan fingerprint density at radius 3 is 2.92 bits per heavy atom. The fourth-order valence-electron chi connectivity index (χ4n) is 0.716. The Labute approximate surface area is 74.6 Å². The monoisotopic (exact) mass is 187 g/mol. The van der Waals surface area contributed by atoms with Crippen molar-refractivity contribution in [1.82, 2.24) is 0 Å². The van der Waals surface area contributed by atoms with Crippen molar-refractivity contribution in [3.05, 3.63) is 34.6 Å².